The standard InChI is InChI=1S/C20H30N4O3/c1-5-12-26-18-16(8-7-11-22-18)13-23-19(21-6-2)24-14-20(4,25)17-10-9-15(3)27-17/h7-11,25H,5-6,12-14H2,1-4H3,(H2,21,23,24). The average Bonchev–Trinajstić information content (AvgIpc) is 3.10. The maximum atomic E-state index is 10.7. The van der Waals surface area contributed by atoms with E-state index in [4.69, 9.17) is 9.15 Å². The summed E-state index contributed by atoms with van der Waals surface area (Å²) in [6, 6.07) is 7.44. The van der Waals surface area contributed by atoms with E-state index in [2.05, 4.69) is 27.5 Å². The highest BCUT2D eigenvalue weighted by Gasteiger charge is 2.27. The Morgan fingerprint density at radius 2 is 2.11 bits per heavy atom. The van der Waals surface area contributed by atoms with Crippen molar-refractivity contribution in [1.82, 2.24) is 15.6 Å². The Balaban J connectivity index is 2.04. The first-order valence-electron chi connectivity index (χ1n) is 9.34. The lowest BCUT2D eigenvalue weighted by Gasteiger charge is -2.23. The van der Waals surface area contributed by atoms with Gasteiger partial charge in [0.2, 0.25) is 5.88 Å². The number of aliphatic hydroxyl groups is 1. The number of furan rings is 1. The fourth-order valence-electron chi connectivity index (χ4n) is 2.45. The van der Waals surface area contributed by atoms with Crippen LogP contribution in [-0.2, 0) is 12.1 Å². The van der Waals surface area contributed by atoms with Gasteiger partial charge in [-0.15, -0.1) is 0 Å². The van der Waals surface area contributed by atoms with E-state index in [1.165, 1.54) is 0 Å². The van der Waals surface area contributed by atoms with Crippen molar-refractivity contribution in [2.24, 2.45) is 4.99 Å². The van der Waals surface area contributed by atoms with Gasteiger partial charge in [0, 0.05) is 18.3 Å². The van der Waals surface area contributed by atoms with Gasteiger partial charge in [-0.05, 0) is 45.4 Å². The van der Waals surface area contributed by atoms with E-state index in [9.17, 15) is 5.11 Å². The highest BCUT2D eigenvalue weighted by molar-refractivity contribution is 5.79. The zero-order valence-corrected chi connectivity index (χ0v) is 16.6. The van der Waals surface area contributed by atoms with Gasteiger partial charge < -0.3 is 24.9 Å². The van der Waals surface area contributed by atoms with Crippen molar-refractivity contribution in [3.63, 3.8) is 0 Å². The van der Waals surface area contributed by atoms with Crippen molar-refractivity contribution < 1.29 is 14.3 Å². The van der Waals surface area contributed by atoms with Gasteiger partial charge in [-0.2, -0.15) is 0 Å². The first-order valence-corrected chi connectivity index (χ1v) is 9.34. The molecule has 0 radical (unpaired) electrons. The molecule has 1 unspecified atom stereocenters. The van der Waals surface area contributed by atoms with Gasteiger partial charge >= 0.3 is 0 Å². The SMILES string of the molecule is CCCOc1ncccc1CN=C(NCC)NCC(C)(O)c1ccc(C)o1. The molecule has 0 spiro atoms. The predicted molar refractivity (Wildman–Crippen MR) is 106 cm³/mol. The van der Waals surface area contributed by atoms with Crippen LogP contribution in [0.2, 0.25) is 0 Å². The molecule has 2 heterocycles. The number of pyridine rings is 1. The van der Waals surface area contributed by atoms with Gasteiger partial charge in [0.05, 0.1) is 19.7 Å². The molecule has 27 heavy (non-hydrogen) atoms. The maximum absolute atomic E-state index is 10.7. The Kier molecular flexibility index (Phi) is 7.67. The average molecular weight is 374 g/mol. The Hall–Kier alpha value is -2.54. The maximum Gasteiger partial charge on any atom is 0.218 e. The Morgan fingerprint density at radius 1 is 1.30 bits per heavy atom. The minimum Gasteiger partial charge on any atom is -0.477 e. The molecule has 3 N–H and O–H groups in total. The first-order chi connectivity index (χ1) is 13.0. The minimum atomic E-state index is -1.14. The van der Waals surface area contributed by atoms with Crippen LogP contribution < -0.4 is 15.4 Å². The molecule has 2 aromatic heterocycles. The number of hydrogen-bond acceptors (Lipinski definition) is 5. The second-order valence-electron chi connectivity index (χ2n) is 6.55. The van der Waals surface area contributed by atoms with E-state index in [0.717, 1.165) is 17.7 Å². The monoisotopic (exact) mass is 374 g/mol. The summed E-state index contributed by atoms with van der Waals surface area (Å²) in [7, 11) is 0. The number of aryl methyl sites for hydroxylation is 1. The van der Waals surface area contributed by atoms with Crippen LogP contribution in [0.3, 0.4) is 0 Å². The van der Waals surface area contributed by atoms with Gasteiger partial charge in [-0.25, -0.2) is 9.98 Å². The summed E-state index contributed by atoms with van der Waals surface area (Å²) in [5.74, 6) is 2.50. The van der Waals surface area contributed by atoms with Crippen LogP contribution in [0.5, 0.6) is 5.88 Å². The van der Waals surface area contributed by atoms with Crippen molar-refractivity contribution in [3.05, 3.63) is 47.5 Å². The van der Waals surface area contributed by atoms with Crippen molar-refractivity contribution in [1.29, 1.82) is 0 Å². The molecule has 0 saturated heterocycles. The van der Waals surface area contributed by atoms with E-state index in [1.807, 2.05) is 32.0 Å². The smallest absolute Gasteiger partial charge is 0.218 e. The number of guanidine groups is 1. The molecule has 2 rings (SSSR count). The fourth-order valence-corrected chi connectivity index (χ4v) is 2.45. The number of aliphatic imine (C=N–C) groups is 1. The molecule has 0 aliphatic rings. The van der Waals surface area contributed by atoms with E-state index >= 15 is 0 Å². The van der Waals surface area contributed by atoms with Crippen LogP contribution in [0, 0.1) is 6.92 Å². The van der Waals surface area contributed by atoms with Crippen LogP contribution in [0.4, 0.5) is 0 Å². The molecule has 0 aliphatic carbocycles. The topological polar surface area (TPSA) is 91.9 Å². The summed E-state index contributed by atoms with van der Waals surface area (Å²) >= 11 is 0. The van der Waals surface area contributed by atoms with Gasteiger partial charge in [0.25, 0.3) is 0 Å². The molecule has 148 valence electrons. The summed E-state index contributed by atoms with van der Waals surface area (Å²) in [6.07, 6.45) is 2.63. The second-order valence-corrected chi connectivity index (χ2v) is 6.55. The van der Waals surface area contributed by atoms with Crippen LogP contribution in [0.15, 0.2) is 39.9 Å². The highest BCUT2D eigenvalue weighted by atomic mass is 16.5. The Morgan fingerprint density at radius 3 is 2.78 bits per heavy atom. The molecule has 0 aromatic carbocycles. The van der Waals surface area contributed by atoms with Crippen LogP contribution >= 0.6 is 0 Å². The van der Waals surface area contributed by atoms with E-state index in [-0.39, 0.29) is 6.54 Å². The minimum absolute atomic E-state index is 0.262. The van der Waals surface area contributed by atoms with E-state index < -0.39 is 5.60 Å². The van der Waals surface area contributed by atoms with Crippen LogP contribution in [0.1, 0.15) is 44.3 Å². The van der Waals surface area contributed by atoms with Gasteiger partial charge in [0.1, 0.15) is 17.1 Å². The van der Waals surface area contributed by atoms with E-state index in [1.54, 1.807) is 19.2 Å². The molecule has 0 aliphatic heterocycles. The highest BCUT2D eigenvalue weighted by Crippen LogP contribution is 2.22. The molecule has 7 nitrogen and oxygen atoms in total. The van der Waals surface area contributed by atoms with Gasteiger partial charge in [0.15, 0.2) is 5.96 Å². The summed E-state index contributed by atoms with van der Waals surface area (Å²) in [5.41, 5.74) is -0.231. The first kappa shape index (κ1) is 20.8. The molecule has 0 saturated carbocycles. The number of aromatic nitrogens is 1. The summed E-state index contributed by atoms with van der Waals surface area (Å²) in [5, 5.41) is 17.0. The molecule has 2 aromatic rings. The molecule has 0 fully saturated rings. The summed E-state index contributed by atoms with van der Waals surface area (Å²) < 4.78 is 11.2. The summed E-state index contributed by atoms with van der Waals surface area (Å²) in [6.45, 7) is 9.62. The molecule has 0 amide bonds. The number of nitrogens with one attached hydrogen (secondary N) is 2. The molecular formula is C20H30N4O3. The third-order valence-electron chi connectivity index (χ3n) is 3.92. The van der Waals surface area contributed by atoms with Gasteiger partial charge in [-0.1, -0.05) is 13.0 Å². The Bertz CT molecular complexity index is 740. The van der Waals surface area contributed by atoms with Crippen molar-refractivity contribution in [3.8, 4) is 5.88 Å². The normalized spacial score (nSPS) is 13.9. The Labute approximate surface area is 160 Å². The second kappa shape index (κ2) is 9.97. The van der Waals surface area contributed by atoms with Crippen molar-refractivity contribution in [2.45, 2.75) is 46.3 Å². The quantitative estimate of drug-likeness (QED) is 0.462. The zero-order valence-electron chi connectivity index (χ0n) is 16.6. The zero-order chi connectivity index (χ0) is 19.7. The largest absolute Gasteiger partial charge is 0.477 e. The van der Waals surface area contributed by atoms with E-state index in [0.29, 0.717) is 37.3 Å². The number of rotatable bonds is 9. The molecule has 7 heteroatoms. The fraction of sp³-hybridized carbons (Fsp3) is 0.500. The lowest BCUT2D eigenvalue weighted by atomic mass is 10.0. The van der Waals surface area contributed by atoms with Gasteiger partial charge in [-0.3, -0.25) is 0 Å². The number of hydrogen-bond donors (Lipinski definition) is 3. The third kappa shape index (κ3) is 6.29. The lowest BCUT2D eigenvalue weighted by Crippen LogP contribution is -2.44. The number of ether oxygens (including phenoxy) is 1. The molecule has 1 atom stereocenters. The predicted octanol–water partition coefficient (Wildman–Crippen LogP) is 2.73. The van der Waals surface area contributed by atoms with Crippen molar-refractivity contribution >= 4 is 5.96 Å². The third-order valence-corrected chi connectivity index (χ3v) is 3.92. The molecule has 0 bridgehead atoms. The van der Waals surface area contributed by atoms with Crippen LogP contribution in [-0.4, -0.2) is 35.7 Å². The van der Waals surface area contributed by atoms with Crippen LogP contribution in [0.25, 0.3) is 0 Å². The number of nitrogens with zero attached hydrogens (tertiary/aromatic N) is 2. The summed E-state index contributed by atoms with van der Waals surface area (Å²) in [4.78, 5) is 8.87. The molecular weight excluding hydrogens is 344 g/mol. The van der Waals surface area contributed by atoms with Crippen molar-refractivity contribution in [2.75, 3.05) is 19.7 Å². The lowest BCUT2D eigenvalue weighted by molar-refractivity contribution is 0.0378.